The Morgan fingerprint density at radius 2 is 1.79 bits per heavy atom. The molecule has 0 saturated heterocycles. The summed E-state index contributed by atoms with van der Waals surface area (Å²) < 4.78 is 0. The normalized spacial score (nSPS) is 12.0. The molecule has 5 heteroatoms. The average Bonchev–Trinajstić information content (AvgIpc) is 2.36. The van der Waals surface area contributed by atoms with Gasteiger partial charge in [-0.05, 0) is 11.5 Å². The van der Waals surface area contributed by atoms with Crippen LogP contribution in [0.1, 0.15) is 26.3 Å². The van der Waals surface area contributed by atoms with Crippen molar-refractivity contribution in [1.29, 1.82) is 0 Å². The molecule has 2 amide bonds. The van der Waals surface area contributed by atoms with Gasteiger partial charge in [-0.25, -0.2) is 5.43 Å². The first-order valence-corrected chi connectivity index (χ1v) is 6.34. The Kier molecular flexibility index (Phi) is 6.02. The molecule has 0 aliphatic carbocycles. The highest BCUT2D eigenvalue weighted by molar-refractivity contribution is 5.86. The third kappa shape index (κ3) is 5.52. The lowest BCUT2D eigenvalue weighted by atomic mass is 10.0. The number of rotatable bonds is 6. The van der Waals surface area contributed by atoms with E-state index in [9.17, 15) is 9.59 Å². The molecule has 3 N–H and O–H groups in total. The number of carbonyl (C=O) groups is 2. The maximum atomic E-state index is 11.9. The fourth-order valence-electron chi connectivity index (χ4n) is 1.66. The fraction of sp³-hybridized carbons (Fsp3) is 0.429. The minimum absolute atomic E-state index is 0.0300. The van der Waals surface area contributed by atoms with Gasteiger partial charge in [0.1, 0.15) is 6.04 Å². The van der Waals surface area contributed by atoms with Gasteiger partial charge in [0.15, 0.2) is 0 Å². The summed E-state index contributed by atoms with van der Waals surface area (Å²) in [5.41, 5.74) is 6.55. The molecular weight excluding hydrogens is 242 g/mol. The first kappa shape index (κ1) is 15.2. The van der Waals surface area contributed by atoms with Crippen LogP contribution in [0.4, 0.5) is 0 Å². The number of hydrogen-bond donors (Lipinski definition) is 3. The molecule has 0 unspecified atom stereocenters. The second kappa shape index (κ2) is 7.53. The number of carbonyl (C=O) groups excluding carboxylic acids is 2. The molecule has 0 radical (unpaired) electrons. The summed E-state index contributed by atoms with van der Waals surface area (Å²) in [7, 11) is 0. The molecule has 0 fully saturated rings. The molecule has 0 bridgehead atoms. The maximum Gasteiger partial charge on any atom is 0.256 e. The van der Waals surface area contributed by atoms with Gasteiger partial charge in [-0.15, -0.1) is 0 Å². The van der Waals surface area contributed by atoms with Crippen LogP contribution in [0.15, 0.2) is 30.3 Å². The van der Waals surface area contributed by atoms with Crippen molar-refractivity contribution in [1.82, 2.24) is 16.2 Å². The lowest BCUT2D eigenvalue weighted by Crippen LogP contribution is -2.52. The average molecular weight is 263 g/mol. The predicted octanol–water partition coefficient (Wildman–Crippen LogP) is 0.968. The molecule has 1 aromatic carbocycles. The molecule has 1 atom stereocenters. The van der Waals surface area contributed by atoms with E-state index in [-0.39, 0.29) is 17.7 Å². The summed E-state index contributed by atoms with van der Waals surface area (Å²) >= 11 is 0. The van der Waals surface area contributed by atoms with Crippen LogP contribution < -0.4 is 16.2 Å². The Balaban J connectivity index is 2.42. The van der Waals surface area contributed by atoms with Crippen molar-refractivity contribution in [3.8, 4) is 0 Å². The van der Waals surface area contributed by atoms with E-state index in [4.69, 9.17) is 0 Å². The van der Waals surface area contributed by atoms with E-state index in [1.54, 1.807) is 0 Å². The largest absolute Gasteiger partial charge is 0.344 e. The Hall–Kier alpha value is -1.88. The lowest BCUT2D eigenvalue weighted by Gasteiger charge is -2.21. The van der Waals surface area contributed by atoms with Crippen molar-refractivity contribution in [2.45, 2.75) is 33.4 Å². The molecule has 0 aromatic heterocycles. The smallest absolute Gasteiger partial charge is 0.256 e. The highest BCUT2D eigenvalue weighted by Crippen LogP contribution is 2.01. The van der Waals surface area contributed by atoms with Gasteiger partial charge in [0, 0.05) is 13.5 Å². The zero-order valence-corrected chi connectivity index (χ0v) is 11.6. The summed E-state index contributed by atoms with van der Waals surface area (Å²) in [5, 5.41) is 2.64. The summed E-state index contributed by atoms with van der Waals surface area (Å²) in [5.74, 6) is -0.416. The van der Waals surface area contributed by atoms with E-state index in [2.05, 4.69) is 16.2 Å². The second-order valence-electron chi connectivity index (χ2n) is 4.75. The second-order valence-corrected chi connectivity index (χ2v) is 4.75. The van der Waals surface area contributed by atoms with Crippen molar-refractivity contribution in [2.75, 3.05) is 0 Å². The van der Waals surface area contributed by atoms with Crippen molar-refractivity contribution in [3.63, 3.8) is 0 Å². The number of nitrogens with one attached hydrogen (secondary N) is 3. The third-order valence-electron chi connectivity index (χ3n) is 2.65. The van der Waals surface area contributed by atoms with Gasteiger partial charge in [-0.2, -0.15) is 0 Å². The van der Waals surface area contributed by atoms with Gasteiger partial charge in [-0.1, -0.05) is 44.2 Å². The SMILES string of the molecule is CC(=O)N[C@H](C(=O)NNCc1ccccc1)C(C)C. The van der Waals surface area contributed by atoms with Crippen molar-refractivity contribution < 1.29 is 9.59 Å². The maximum absolute atomic E-state index is 11.9. The lowest BCUT2D eigenvalue weighted by molar-refractivity contribution is -0.129. The molecule has 1 aromatic rings. The number of hydrazine groups is 1. The van der Waals surface area contributed by atoms with Crippen LogP contribution in [0.25, 0.3) is 0 Å². The molecule has 0 aliphatic heterocycles. The standard InChI is InChI=1S/C14H21N3O2/c1-10(2)13(16-11(3)18)14(19)17-15-9-12-7-5-4-6-8-12/h4-8,10,13,15H,9H2,1-3H3,(H,16,18)(H,17,19)/t13-/m0/s1. The molecule has 0 heterocycles. The van der Waals surface area contributed by atoms with E-state index in [0.717, 1.165) is 5.56 Å². The van der Waals surface area contributed by atoms with Crippen LogP contribution in [0.5, 0.6) is 0 Å². The highest BCUT2D eigenvalue weighted by Gasteiger charge is 2.22. The Morgan fingerprint density at radius 1 is 1.16 bits per heavy atom. The Morgan fingerprint density at radius 3 is 2.32 bits per heavy atom. The zero-order chi connectivity index (χ0) is 14.3. The zero-order valence-electron chi connectivity index (χ0n) is 11.6. The third-order valence-corrected chi connectivity index (χ3v) is 2.65. The highest BCUT2D eigenvalue weighted by atomic mass is 16.2. The van der Waals surface area contributed by atoms with Gasteiger partial charge in [0.05, 0.1) is 0 Å². The van der Waals surface area contributed by atoms with Crippen molar-refractivity contribution >= 4 is 11.8 Å². The van der Waals surface area contributed by atoms with Gasteiger partial charge >= 0.3 is 0 Å². The van der Waals surface area contributed by atoms with E-state index in [0.29, 0.717) is 6.54 Å². The number of hydrogen-bond acceptors (Lipinski definition) is 3. The Labute approximate surface area is 113 Å². The summed E-state index contributed by atoms with van der Waals surface area (Å²) in [6, 6.07) is 9.22. The van der Waals surface area contributed by atoms with Crippen LogP contribution in [0.2, 0.25) is 0 Å². The minimum Gasteiger partial charge on any atom is -0.344 e. The van der Waals surface area contributed by atoms with E-state index >= 15 is 0 Å². The van der Waals surface area contributed by atoms with Crippen LogP contribution in [0.3, 0.4) is 0 Å². The molecule has 0 saturated carbocycles. The fourth-order valence-corrected chi connectivity index (χ4v) is 1.66. The topological polar surface area (TPSA) is 70.2 Å². The van der Waals surface area contributed by atoms with Gasteiger partial charge in [0.2, 0.25) is 5.91 Å². The molecule has 19 heavy (non-hydrogen) atoms. The summed E-state index contributed by atoms with van der Waals surface area (Å²) in [6.07, 6.45) is 0. The molecule has 104 valence electrons. The van der Waals surface area contributed by atoms with Crippen molar-refractivity contribution in [3.05, 3.63) is 35.9 Å². The molecule has 0 spiro atoms. The van der Waals surface area contributed by atoms with Gasteiger partial charge in [-0.3, -0.25) is 15.0 Å². The molecule has 0 aliphatic rings. The van der Waals surface area contributed by atoms with Gasteiger partial charge in [0.25, 0.3) is 5.91 Å². The van der Waals surface area contributed by atoms with Crippen LogP contribution in [-0.4, -0.2) is 17.9 Å². The number of amides is 2. The van der Waals surface area contributed by atoms with E-state index in [1.807, 2.05) is 44.2 Å². The minimum atomic E-state index is -0.527. The molecule has 5 nitrogen and oxygen atoms in total. The Bertz CT molecular complexity index is 418. The van der Waals surface area contributed by atoms with Crippen LogP contribution in [-0.2, 0) is 16.1 Å². The van der Waals surface area contributed by atoms with E-state index < -0.39 is 6.04 Å². The van der Waals surface area contributed by atoms with Crippen LogP contribution >= 0.6 is 0 Å². The number of benzene rings is 1. The predicted molar refractivity (Wildman–Crippen MR) is 73.9 cm³/mol. The molecule has 1 rings (SSSR count). The first-order chi connectivity index (χ1) is 9.00. The first-order valence-electron chi connectivity index (χ1n) is 6.34. The monoisotopic (exact) mass is 263 g/mol. The summed E-state index contributed by atoms with van der Waals surface area (Å²) in [6.45, 7) is 5.71. The van der Waals surface area contributed by atoms with Crippen molar-refractivity contribution in [2.24, 2.45) is 5.92 Å². The molecular formula is C14H21N3O2. The van der Waals surface area contributed by atoms with Crippen LogP contribution in [0, 0.1) is 5.92 Å². The summed E-state index contributed by atoms with van der Waals surface area (Å²) in [4.78, 5) is 23.0. The quantitative estimate of drug-likeness (QED) is 0.670. The van der Waals surface area contributed by atoms with E-state index in [1.165, 1.54) is 6.92 Å². The van der Waals surface area contributed by atoms with Gasteiger partial charge < -0.3 is 5.32 Å².